The molecule has 4 heteroatoms. The fourth-order valence-corrected chi connectivity index (χ4v) is 1.45. The van der Waals surface area contributed by atoms with Crippen LogP contribution in [0.5, 0.6) is 0 Å². The summed E-state index contributed by atoms with van der Waals surface area (Å²) in [4.78, 5) is 0. The molecule has 0 aromatic rings. The number of hydrogen-bond donors (Lipinski definition) is 0. The molecule has 2 nitrogen and oxygen atoms in total. The van der Waals surface area contributed by atoms with Gasteiger partial charge in [-0.3, -0.25) is 4.21 Å². The molecule has 0 radical (unpaired) electrons. The largest absolute Gasteiger partial charge is 0.772 e. The van der Waals surface area contributed by atoms with Crippen LogP contribution in [-0.2, 0) is 11.1 Å². The first-order valence-corrected chi connectivity index (χ1v) is 4.66. The van der Waals surface area contributed by atoms with Crippen molar-refractivity contribution in [3.63, 3.8) is 0 Å². The molecule has 0 aliphatic carbocycles. The maximum Gasteiger partial charge on any atom is 0.0109 e. The summed E-state index contributed by atoms with van der Waals surface area (Å²) < 4.78 is 20.4. The van der Waals surface area contributed by atoms with Crippen LogP contribution in [0.25, 0.3) is 0 Å². The average molecular weight is 233 g/mol. The standard InChI is InChI=1S/C3H7IO2S/c4-2-1-3-7(5)6/h1-3H2,(H,5,6)/p-1. The summed E-state index contributed by atoms with van der Waals surface area (Å²) in [6.07, 6.45) is 0.774. The van der Waals surface area contributed by atoms with Gasteiger partial charge in [-0.1, -0.05) is 33.7 Å². The summed E-state index contributed by atoms with van der Waals surface area (Å²) in [7, 11) is 0. The van der Waals surface area contributed by atoms with Gasteiger partial charge in [-0.15, -0.1) is 0 Å². The van der Waals surface area contributed by atoms with Crippen molar-refractivity contribution in [2.24, 2.45) is 0 Å². The van der Waals surface area contributed by atoms with E-state index >= 15 is 0 Å². The van der Waals surface area contributed by atoms with Crippen LogP contribution in [0, 0.1) is 0 Å². The molecule has 0 aliphatic rings. The molecule has 0 fully saturated rings. The Labute approximate surface area is 59.1 Å². The molecule has 0 aliphatic heterocycles. The zero-order valence-corrected chi connectivity index (χ0v) is 6.70. The second-order valence-electron chi connectivity index (χ2n) is 1.05. The SMILES string of the molecule is O=S([O-])CCCI. The monoisotopic (exact) mass is 233 g/mol. The molecule has 0 N–H and O–H groups in total. The molecule has 7 heavy (non-hydrogen) atoms. The fraction of sp³-hybridized carbons (Fsp3) is 1.00. The third-order valence-corrected chi connectivity index (χ3v) is 1.83. The van der Waals surface area contributed by atoms with E-state index in [-0.39, 0.29) is 0 Å². The topological polar surface area (TPSA) is 40.1 Å². The second kappa shape index (κ2) is 4.99. The highest BCUT2D eigenvalue weighted by Gasteiger charge is 1.80. The van der Waals surface area contributed by atoms with Crippen molar-refractivity contribution in [2.45, 2.75) is 6.42 Å². The summed E-state index contributed by atoms with van der Waals surface area (Å²) in [6.45, 7) is 0. The van der Waals surface area contributed by atoms with Gasteiger partial charge in [0.05, 0.1) is 0 Å². The van der Waals surface area contributed by atoms with Crippen LogP contribution < -0.4 is 0 Å². The van der Waals surface area contributed by atoms with Crippen LogP contribution in [0.4, 0.5) is 0 Å². The van der Waals surface area contributed by atoms with E-state index < -0.39 is 11.1 Å². The van der Waals surface area contributed by atoms with E-state index in [1.54, 1.807) is 0 Å². The third-order valence-electron chi connectivity index (χ3n) is 0.445. The summed E-state index contributed by atoms with van der Waals surface area (Å²) >= 11 is 0.327. The minimum absolute atomic E-state index is 0.308. The summed E-state index contributed by atoms with van der Waals surface area (Å²) in [5.41, 5.74) is 0. The minimum atomic E-state index is -1.82. The van der Waals surface area contributed by atoms with Crippen LogP contribution in [0.15, 0.2) is 0 Å². The molecule has 0 saturated carbocycles. The van der Waals surface area contributed by atoms with Gasteiger partial charge in [0, 0.05) is 10.2 Å². The van der Waals surface area contributed by atoms with Gasteiger partial charge < -0.3 is 4.55 Å². The van der Waals surface area contributed by atoms with Crippen LogP contribution >= 0.6 is 22.6 Å². The molecule has 0 spiro atoms. The summed E-state index contributed by atoms with van der Waals surface area (Å²) in [5.74, 6) is 0.308. The summed E-state index contributed by atoms with van der Waals surface area (Å²) in [5, 5.41) is 0. The molecule has 1 unspecified atom stereocenters. The lowest BCUT2D eigenvalue weighted by Crippen LogP contribution is -1.94. The van der Waals surface area contributed by atoms with Crippen molar-refractivity contribution in [1.82, 2.24) is 0 Å². The maximum atomic E-state index is 9.75. The molecule has 0 amide bonds. The van der Waals surface area contributed by atoms with E-state index in [0.29, 0.717) is 5.75 Å². The van der Waals surface area contributed by atoms with E-state index in [2.05, 4.69) is 22.6 Å². The third kappa shape index (κ3) is 6.84. The summed E-state index contributed by atoms with van der Waals surface area (Å²) in [6, 6.07) is 0. The van der Waals surface area contributed by atoms with Crippen LogP contribution in [-0.4, -0.2) is 18.9 Å². The molecule has 44 valence electrons. The Morgan fingerprint density at radius 3 is 2.43 bits per heavy atom. The molecule has 0 saturated heterocycles. The van der Waals surface area contributed by atoms with Gasteiger partial charge in [-0.05, 0) is 6.42 Å². The zero-order valence-electron chi connectivity index (χ0n) is 3.72. The van der Waals surface area contributed by atoms with Crippen molar-refractivity contribution in [3.05, 3.63) is 0 Å². The van der Waals surface area contributed by atoms with Crippen molar-refractivity contribution < 1.29 is 8.76 Å². The van der Waals surface area contributed by atoms with Gasteiger partial charge in [-0.2, -0.15) is 0 Å². The lowest BCUT2D eigenvalue weighted by molar-refractivity contribution is 0.536. The maximum absolute atomic E-state index is 9.75. The molecule has 0 aromatic carbocycles. The Morgan fingerprint density at radius 1 is 1.71 bits per heavy atom. The molecular formula is C3H6IO2S-. The fourth-order valence-electron chi connectivity index (χ4n) is 0.172. The van der Waals surface area contributed by atoms with Gasteiger partial charge >= 0.3 is 0 Å². The number of halogens is 1. The van der Waals surface area contributed by atoms with Gasteiger partial charge in [-0.25, -0.2) is 0 Å². The van der Waals surface area contributed by atoms with Gasteiger partial charge in [0.25, 0.3) is 0 Å². The average Bonchev–Trinajstić information content (AvgIpc) is 1.61. The van der Waals surface area contributed by atoms with E-state index in [1.807, 2.05) is 0 Å². The quantitative estimate of drug-likeness (QED) is 0.408. The first-order valence-electron chi connectivity index (χ1n) is 1.89. The highest BCUT2D eigenvalue weighted by molar-refractivity contribution is 14.1. The molecule has 0 aromatic heterocycles. The highest BCUT2D eigenvalue weighted by Crippen LogP contribution is 1.88. The number of hydrogen-bond acceptors (Lipinski definition) is 2. The Morgan fingerprint density at radius 2 is 2.29 bits per heavy atom. The van der Waals surface area contributed by atoms with E-state index in [1.165, 1.54) is 0 Å². The molecular weight excluding hydrogens is 227 g/mol. The number of alkyl halides is 1. The Bertz CT molecular complexity index is 66.0. The first kappa shape index (κ1) is 7.84. The van der Waals surface area contributed by atoms with E-state index in [9.17, 15) is 8.76 Å². The van der Waals surface area contributed by atoms with Crippen molar-refractivity contribution >= 4 is 33.7 Å². The van der Waals surface area contributed by atoms with Crippen molar-refractivity contribution in [3.8, 4) is 0 Å². The first-order chi connectivity index (χ1) is 3.27. The Balaban J connectivity index is 2.82. The highest BCUT2D eigenvalue weighted by atomic mass is 127. The van der Waals surface area contributed by atoms with Crippen LogP contribution in [0.2, 0.25) is 0 Å². The van der Waals surface area contributed by atoms with E-state index in [4.69, 9.17) is 0 Å². The van der Waals surface area contributed by atoms with Crippen molar-refractivity contribution in [2.75, 3.05) is 10.2 Å². The Kier molecular flexibility index (Phi) is 5.58. The van der Waals surface area contributed by atoms with Gasteiger partial charge in [0.2, 0.25) is 0 Å². The second-order valence-corrected chi connectivity index (χ2v) is 3.14. The number of rotatable bonds is 3. The predicted molar refractivity (Wildman–Crippen MR) is 37.3 cm³/mol. The normalized spacial score (nSPS) is 14.0. The van der Waals surface area contributed by atoms with Gasteiger partial charge in [0.15, 0.2) is 0 Å². The lowest BCUT2D eigenvalue weighted by Gasteiger charge is -1.99. The molecule has 0 heterocycles. The van der Waals surface area contributed by atoms with Gasteiger partial charge in [0.1, 0.15) is 0 Å². The lowest BCUT2D eigenvalue weighted by atomic mass is 10.6. The molecule has 0 bridgehead atoms. The smallest absolute Gasteiger partial charge is 0.0109 e. The minimum Gasteiger partial charge on any atom is -0.772 e. The van der Waals surface area contributed by atoms with E-state index in [0.717, 1.165) is 10.8 Å². The zero-order chi connectivity index (χ0) is 5.70. The van der Waals surface area contributed by atoms with Crippen molar-refractivity contribution in [1.29, 1.82) is 0 Å². The Hall–Kier alpha value is 0.840. The molecule has 0 rings (SSSR count). The van der Waals surface area contributed by atoms with Crippen LogP contribution in [0.3, 0.4) is 0 Å². The molecule has 1 atom stereocenters. The van der Waals surface area contributed by atoms with Crippen LogP contribution in [0.1, 0.15) is 6.42 Å². The predicted octanol–water partition coefficient (Wildman–Crippen LogP) is 0.691.